The van der Waals surface area contributed by atoms with Crippen LogP contribution in [0.3, 0.4) is 0 Å². The largest absolute Gasteiger partial charge is 0.444 e. The molecule has 1 aromatic heterocycles. The van der Waals surface area contributed by atoms with E-state index in [1.165, 1.54) is 4.90 Å². The first-order chi connectivity index (χ1) is 11.7. The van der Waals surface area contributed by atoms with Gasteiger partial charge in [-0.1, -0.05) is 6.07 Å². The van der Waals surface area contributed by atoms with E-state index < -0.39 is 23.9 Å². The molecule has 6 nitrogen and oxygen atoms in total. The Hall–Kier alpha value is -2.18. The average Bonchev–Trinajstić information content (AvgIpc) is 2.67. The average molecular weight is 351 g/mol. The van der Waals surface area contributed by atoms with Gasteiger partial charge in [0.25, 0.3) is 0 Å². The molecule has 1 aromatic rings. The number of aromatic nitrogens is 1. The highest BCUT2D eigenvalue weighted by molar-refractivity contribution is 5.96. The molecule has 0 spiro atoms. The number of nitrogens with one attached hydrogen (secondary N) is 1. The molecule has 1 fully saturated rings. The molecule has 1 N–H and O–H groups in total. The van der Waals surface area contributed by atoms with Crippen molar-refractivity contribution < 1.29 is 18.7 Å². The first kappa shape index (κ1) is 19.1. The maximum absolute atomic E-state index is 13.8. The first-order valence-corrected chi connectivity index (χ1v) is 8.54. The van der Waals surface area contributed by atoms with Crippen LogP contribution >= 0.6 is 0 Å². The molecule has 0 radical (unpaired) electrons. The van der Waals surface area contributed by atoms with Crippen LogP contribution in [0.15, 0.2) is 18.2 Å². The third-order valence-corrected chi connectivity index (χ3v) is 3.88. The molecule has 2 amide bonds. The number of aryl methyl sites for hydroxylation is 1. The van der Waals surface area contributed by atoms with Crippen molar-refractivity contribution in [2.75, 3.05) is 11.9 Å². The van der Waals surface area contributed by atoms with Crippen LogP contribution in [-0.2, 0) is 9.53 Å². The third-order valence-electron chi connectivity index (χ3n) is 3.88. The van der Waals surface area contributed by atoms with E-state index in [1.807, 2.05) is 13.0 Å². The SMILES string of the molecule is Cc1cccc(NC(=O)[C@@H]2CCC(F)CCN2C(=O)OC(C)(C)C)n1. The number of halogens is 1. The fourth-order valence-electron chi connectivity index (χ4n) is 2.71. The Labute approximate surface area is 147 Å². The van der Waals surface area contributed by atoms with Crippen LogP contribution in [0.1, 0.15) is 45.7 Å². The minimum Gasteiger partial charge on any atom is -0.444 e. The molecular formula is C18H26FN3O3. The Morgan fingerprint density at radius 1 is 1.28 bits per heavy atom. The van der Waals surface area contributed by atoms with Crippen LogP contribution in [0.25, 0.3) is 0 Å². The number of carbonyl (C=O) groups is 2. The van der Waals surface area contributed by atoms with Crippen molar-refractivity contribution in [3.63, 3.8) is 0 Å². The van der Waals surface area contributed by atoms with E-state index in [4.69, 9.17) is 4.74 Å². The predicted molar refractivity (Wildman–Crippen MR) is 93.1 cm³/mol. The van der Waals surface area contributed by atoms with Crippen molar-refractivity contribution in [2.45, 2.75) is 64.8 Å². The summed E-state index contributed by atoms with van der Waals surface area (Å²) >= 11 is 0. The standard InChI is InChI=1S/C18H26FN3O3/c1-12-6-5-7-15(20-12)21-16(23)14-9-8-13(19)10-11-22(14)17(24)25-18(2,3)4/h5-7,13-14H,8-11H2,1-4H3,(H,20,21,23)/t13?,14-/m0/s1. The van der Waals surface area contributed by atoms with Crippen molar-refractivity contribution in [1.29, 1.82) is 0 Å². The lowest BCUT2D eigenvalue weighted by molar-refractivity contribution is -0.121. The number of alkyl halides is 1. The number of amides is 2. The molecule has 0 aliphatic carbocycles. The van der Waals surface area contributed by atoms with Gasteiger partial charge in [0.2, 0.25) is 5.91 Å². The maximum atomic E-state index is 13.8. The molecule has 1 unspecified atom stereocenters. The highest BCUT2D eigenvalue weighted by atomic mass is 19.1. The monoisotopic (exact) mass is 351 g/mol. The summed E-state index contributed by atoms with van der Waals surface area (Å²) in [6.45, 7) is 7.24. The Kier molecular flexibility index (Phi) is 5.98. The number of nitrogens with zero attached hydrogens (tertiary/aromatic N) is 2. The molecule has 2 atom stereocenters. The summed E-state index contributed by atoms with van der Waals surface area (Å²) < 4.78 is 19.2. The summed E-state index contributed by atoms with van der Waals surface area (Å²) in [5.74, 6) is 0.0354. The van der Waals surface area contributed by atoms with Gasteiger partial charge < -0.3 is 10.1 Å². The molecule has 0 bridgehead atoms. The summed E-state index contributed by atoms with van der Waals surface area (Å²) in [6.07, 6.45) is -0.943. The third kappa shape index (κ3) is 5.69. The molecular weight excluding hydrogens is 325 g/mol. The number of likely N-dealkylation sites (tertiary alicyclic amines) is 1. The topological polar surface area (TPSA) is 71.5 Å². The van der Waals surface area contributed by atoms with Crippen LogP contribution in [0, 0.1) is 6.92 Å². The Morgan fingerprint density at radius 3 is 2.64 bits per heavy atom. The highest BCUT2D eigenvalue weighted by Crippen LogP contribution is 2.23. The number of hydrogen-bond acceptors (Lipinski definition) is 4. The second-order valence-electron chi connectivity index (χ2n) is 7.31. The second kappa shape index (κ2) is 7.80. The van der Waals surface area contributed by atoms with Crippen molar-refractivity contribution in [2.24, 2.45) is 0 Å². The lowest BCUT2D eigenvalue weighted by atomic mass is 10.1. The smallest absolute Gasteiger partial charge is 0.410 e. The number of carbonyl (C=O) groups excluding carboxylic acids is 2. The quantitative estimate of drug-likeness (QED) is 0.886. The Bertz CT molecular complexity index is 630. The number of anilines is 1. The van der Waals surface area contributed by atoms with Gasteiger partial charge in [-0.25, -0.2) is 14.2 Å². The molecule has 2 rings (SSSR count). The van der Waals surface area contributed by atoms with Gasteiger partial charge in [0.15, 0.2) is 0 Å². The van der Waals surface area contributed by atoms with Gasteiger partial charge in [0.1, 0.15) is 23.6 Å². The zero-order valence-corrected chi connectivity index (χ0v) is 15.2. The molecule has 0 aromatic carbocycles. The fraction of sp³-hybridized carbons (Fsp3) is 0.611. The highest BCUT2D eigenvalue weighted by Gasteiger charge is 2.36. The predicted octanol–water partition coefficient (Wildman–Crippen LogP) is 3.46. The molecule has 138 valence electrons. The minimum absolute atomic E-state index is 0.148. The van der Waals surface area contributed by atoms with Crippen LogP contribution in [-0.4, -0.2) is 46.2 Å². The van der Waals surface area contributed by atoms with Crippen LogP contribution in [0.4, 0.5) is 15.0 Å². The Morgan fingerprint density at radius 2 is 2.00 bits per heavy atom. The van der Waals surface area contributed by atoms with Gasteiger partial charge in [-0.3, -0.25) is 9.69 Å². The second-order valence-corrected chi connectivity index (χ2v) is 7.31. The summed E-state index contributed by atoms with van der Waals surface area (Å²) in [5, 5.41) is 2.72. The van der Waals surface area contributed by atoms with Crippen molar-refractivity contribution in [1.82, 2.24) is 9.88 Å². The van der Waals surface area contributed by atoms with Crippen molar-refractivity contribution in [3.8, 4) is 0 Å². The first-order valence-electron chi connectivity index (χ1n) is 8.54. The van der Waals surface area contributed by atoms with Gasteiger partial charge >= 0.3 is 6.09 Å². The van der Waals surface area contributed by atoms with Gasteiger partial charge in [-0.05, 0) is 59.1 Å². The van der Waals surface area contributed by atoms with Crippen LogP contribution in [0.2, 0.25) is 0 Å². The summed E-state index contributed by atoms with van der Waals surface area (Å²) in [6, 6.07) is 4.51. The fourth-order valence-corrected chi connectivity index (χ4v) is 2.71. The van der Waals surface area contributed by atoms with Crippen molar-refractivity contribution in [3.05, 3.63) is 23.9 Å². The molecule has 1 saturated heterocycles. The van der Waals surface area contributed by atoms with Gasteiger partial charge in [0.05, 0.1) is 0 Å². The van der Waals surface area contributed by atoms with E-state index in [-0.39, 0.29) is 31.7 Å². The normalized spacial score (nSPS) is 21.4. The Balaban J connectivity index is 2.16. The van der Waals surface area contributed by atoms with Gasteiger partial charge in [0, 0.05) is 12.2 Å². The number of pyridine rings is 1. The number of ether oxygens (including phenoxy) is 1. The van der Waals surface area contributed by atoms with Gasteiger partial charge in [-0.15, -0.1) is 0 Å². The van der Waals surface area contributed by atoms with E-state index >= 15 is 0 Å². The lowest BCUT2D eigenvalue weighted by Crippen LogP contribution is -2.48. The molecule has 7 heteroatoms. The lowest BCUT2D eigenvalue weighted by Gasteiger charge is -2.31. The summed E-state index contributed by atoms with van der Waals surface area (Å²) in [5.41, 5.74) is 0.0870. The van der Waals surface area contributed by atoms with Crippen LogP contribution < -0.4 is 5.32 Å². The summed E-state index contributed by atoms with van der Waals surface area (Å²) in [4.78, 5) is 30.7. The number of rotatable bonds is 2. The van der Waals surface area contributed by atoms with Crippen LogP contribution in [0.5, 0.6) is 0 Å². The molecule has 1 aliphatic rings. The number of hydrogen-bond donors (Lipinski definition) is 1. The van der Waals surface area contributed by atoms with E-state index in [9.17, 15) is 14.0 Å². The zero-order valence-electron chi connectivity index (χ0n) is 15.2. The van der Waals surface area contributed by atoms with E-state index in [1.54, 1.807) is 32.9 Å². The molecule has 1 aliphatic heterocycles. The minimum atomic E-state index is -1.03. The zero-order chi connectivity index (χ0) is 18.6. The van der Waals surface area contributed by atoms with E-state index in [0.29, 0.717) is 5.82 Å². The van der Waals surface area contributed by atoms with Crippen molar-refractivity contribution >= 4 is 17.8 Å². The maximum Gasteiger partial charge on any atom is 0.410 e. The van der Waals surface area contributed by atoms with E-state index in [0.717, 1.165) is 5.69 Å². The molecule has 25 heavy (non-hydrogen) atoms. The molecule has 0 saturated carbocycles. The van der Waals surface area contributed by atoms with Gasteiger partial charge in [-0.2, -0.15) is 0 Å². The van der Waals surface area contributed by atoms with E-state index in [2.05, 4.69) is 10.3 Å². The summed E-state index contributed by atoms with van der Waals surface area (Å²) in [7, 11) is 0. The molecule has 2 heterocycles.